The fourth-order valence-corrected chi connectivity index (χ4v) is 3.98. The Kier molecular flexibility index (Phi) is 7.53. The summed E-state index contributed by atoms with van der Waals surface area (Å²) < 4.78 is 5.54. The van der Waals surface area contributed by atoms with Crippen molar-refractivity contribution in [3.8, 4) is 11.5 Å². The van der Waals surface area contributed by atoms with Crippen molar-refractivity contribution in [2.24, 2.45) is 0 Å². The lowest BCUT2D eigenvalue weighted by atomic mass is 9.87. The SMILES string of the molecule is Cc1ccc(CCC(=O)c2c(C[C@@H]3OC(CO)[C@@H](O)[C@H](O)C3O)cc(O)c(C)c2O)cc1. The highest BCUT2D eigenvalue weighted by Gasteiger charge is 2.43. The van der Waals surface area contributed by atoms with Crippen LogP contribution in [0.1, 0.15) is 39.0 Å². The number of aliphatic hydroxyl groups excluding tert-OH is 4. The lowest BCUT2D eigenvalue weighted by Gasteiger charge is -2.40. The standard InChI is InChI=1S/C24H30O8/c1-12-3-5-14(6-4-12)7-8-16(26)20-15(9-17(27)13(2)21(20)28)10-18-22(29)24(31)23(30)19(11-25)32-18/h3-6,9,18-19,22-25,27-31H,7-8,10-11H2,1-2H3/t18-,19?,22?,23+,24+/m0/s1. The van der Waals surface area contributed by atoms with E-state index in [0.29, 0.717) is 6.42 Å². The van der Waals surface area contributed by atoms with E-state index in [1.165, 1.54) is 13.0 Å². The second-order valence-corrected chi connectivity index (χ2v) is 8.38. The lowest BCUT2D eigenvalue weighted by Crippen LogP contribution is -2.59. The molecule has 5 atom stereocenters. The number of hydrogen-bond donors (Lipinski definition) is 6. The van der Waals surface area contributed by atoms with Crippen molar-refractivity contribution in [1.82, 2.24) is 0 Å². The molecule has 1 aliphatic heterocycles. The minimum absolute atomic E-state index is 0.0179. The largest absolute Gasteiger partial charge is 0.508 e. The predicted octanol–water partition coefficient (Wildman–Crippen LogP) is 0.915. The molecule has 0 spiro atoms. The van der Waals surface area contributed by atoms with Gasteiger partial charge in [-0.3, -0.25) is 4.79 Å². The Morgan fingerprint density at radius 1 is 0.969 bits per heavy atom. The number of aliphatic hydroxyl groups is 4. The summed E-state index contributed by atoms with van der Waals surface area (Å²) in [5, 5.41) is 60.6. The molecule has 32 heavy (non-hydrogen) atoms. The number of ether oxygens (including phenoxy) is 1. The molecule has 2 unspecified atom stereocenters. The Bertz CT molecular complexity index is 953. The van der Waals surface area contributed by atoms with Gasteiger partial charge in [-0.05, 0) is 37.5 Å². The average molecular weight is 446 g/mol. The molecule has 8 heteroatoms. The molecule has 174 valence electrons. The van der Waals surface area contributed by atoms with Crippen LogP contribution in [0.5, 0.6) is 11.5 Å². The van der Waals surface area contributed by atoms with E-state index >= 15 is 0 Å². The number of ketones is 1. The van der Waals surface area contributed by atoms with Crippen molar-refractivity contribution in [3.63, 3.8) is 0 Å². The molecule has 1 aliphatic rings. The molecule has 2 aromatic rings. The number of carbonyl (C=O) groups excluding carboxylic acids is 1. The summed E-state index contributed by atoms with van der Waals surface area (Å²) in [6.07, 6.45) is -6.27. The van der Waals surface area contributed by atoms with E-state index < -0.39 is 37.1 Å². The van der Waals surface area contributed by atoms with Crippen LogP contribution in [0.3, 0.4) is 0 Å². The van der Waals surface area contributed by atoms with Crippen molar-refractivity contribution >= 4 is 5.78 Å². The predicted molar refractivity (Wildman–Crippen MR) is 116 cm³/mol. The fourth-order valence-electron chi connectivity index (χ4n) is 3.98. The fraction of sp³-hybridized carbons (Fsp3) is 0.458. The topological polar surface area (TPSA) is 148 Å². The number of hydrogen-bond acceptors (Lipinski definition) is 8. The van der Waals surface area contributed by atoms with E-state index in [1.807, 2.05) is 31.2 Å². The Labute approximate surface area is 186 Å². The first-order valence-electron chi connectivity index (χ1n) is 10.6. The zero-order valence-electron chi connectivity index (χ0n) is 18.1. The van der Waals surface area contributed by atoms with Gasteiger partial charge in [-0.15, -0.1) is 0 Å². The Morgan fingerprint density at radius 2 is 1.59 bits per heavy atom. The summed E-state index contributed by atoms with van der Waals surface area (Å²) in [5.74, 6) is -0.915. The van der Waals surface area contributed by atoms with E-state index in [1.54, 1.807) is 0 Å². The van der Waals surface area contributed by atoms with Gasteiger partial charge >= 0.3 is 0 Å². The highest BCUT2D eigenvalue weighted by Crippen LogP contribution is 2.36. The van der Waals surface area contributed by atoms with Gasteiger partial charge in [-0.25, -0.2) is 0 Å². The molecule has 0 aromatic heterocycles. The molecular weight excluding hydrogens is 416 g/mol. The van der Waals surface area contributed by atoms with Crippen LogP contribution in [0.25, 0.3) is 0 Å². The van der Waals surface area contributed by atoms with Crippen LogP contribution in [0, 0.1) is 13.8 Å². The molecule has 1 fully saturated rings. The summed E-state index contributed by atoms with van der Waals surface area (Å²) in [6.45, 7) is 2.88. The van der Waals surface area contributed by atoms with Gasteiger partial charge < -0.3 is 35.4 Å². The molecule has 1 heterocycles. The van der Waals surface area contributed by atoms with Crippen LogP contribution >= 0.6 is 0 Å². The molecule has 0 radical (unpaired) electrons. The van der Waals surface area contributed by atoms with E-state index in [-0.39, 0.29) is 46.8 Å². The van der Waals surface area contributed by atoms with Crippen LogP contribution in [0.4, 0.5) is 0 Å². The van der Waals surface area contributed by atoms with Crippen LogP contribution in [-0.4, -0.2) is 73.5 Å². The number of rotatable bonds is 7. The second kappa shape index (κ2) is 9.97. The number of benzene rings is 2. The first kappa shape index (κ1) is 24.2. The summed E-state index contributed by atoms with van der Waals surface area (Å²) in [7, 11) is 0. The molecule has 0 bridgehead atoms. The molecular formula is C24H30O8. The van der Waals surface area contributed by atoms with Crippen molar-refractivity contribution in [3.05, 3.63) is 58.1 Å². The summed E-state index contributed by atoms with van der Waals surface area (Å²) in [5.41, 5.74) is 2.48. The summed E-state index contributed by atoms with van der Waals surface area (Å²) >= 11 is 0. The minimum Gasteiger partial charge on any atom is -0.508 e. The minimum atomic E-state index is -1.56. The van der Waals surface area contributed by atoms with E-state index in [0.717, 1.165) is 11.1 Å². The van der Waals surface area contributed by atoms with Gasteiger partial charge in [0.1, 0.15) is 35.9 Å². The maximum Gasteiger partial charge on any atom is 0.167 e. The first-order valence-corrected chi connectivity index (χ1v) is 10.6. The normalized spacial score (nSPS) is 25.6. The third-order valence-electron chi connectivity index (χ3n) is 6.06. The molecule has 8 nitrogen and oxygen atoms in total. The Hall–Kier alpha value is -2.49. The van der Waals surface area contributed by atoms with Gasteiger partial charge in [-0.2, -0.15) is 0 Å². The van der Waals surface area contributed by atoms with E-state index in [2.05, 4.69) is 0 Å². The van der Waals surface area contributed by atoms with Gasteiger partial charge in [0.2, 0.25) is 0 Å². The average Bonchev–Trinajstić information content (AvgIpc) is 2.77. The molecule has 1 saturated heterocycles. The number of Topliss-reactive ketones (excluding diaryl/α,β-unsaturated/α-hetero) is 1. The van der Waals surface area contributed by atoms with Gasteiger partial charge in [0.05, 0.1) is 18.3 Å². The molecule has 0 aliphatic carbocycles. The van der Waals surface area contributed by atoms with Crippen molar-refractivity contribution in [2.45, 2.75) is 63.6 Å². The summed E-state index contributed by atoms with van der Waals surface area (Å²) in [6, 6.07) is 9.09. The number of aromatic hydroxyl groups is 2. The van der Waals surface area contributed by atoms with Crippen molar-refractivity contribution in [2.75, 3.05) is 6.61 Å². The third-order valence-corrected chi connectivity index (χ3v) is 6.06. The Balaban J connectivity index is 1.87. The number of carbonyl (C=O) groups is 1. The highest BCUT2D eigenvalue weighted by molar-refractivity contribution is 6.01. The quantitative estimate of drug-likeness (QED) is 0.344. The van der Waals surface area contributed by atoms with Crippen LogP contribution in [0.2, 0.25) is 0 Å². The molecule has 6 N–H and O–H groups in total. The van der Waals surface area contributed by atoms with E-state index in [9.17, 15) is 35.4 Å². The zero-order chi connectivity index (χ0) is 23.6. The summed E-state index contributed by atoms with van der Waals surface area (Å²) in [4.78, 5) is 13.1. The van der Waals surface area contributed by atoms with Gasteiger partial charge in [0.15, 0.2) is 5.78 Å². The maximum atomic E-state index is 13.1. The second-order valence-electron chi connectivity index (χ2n) is 8.38. The number of phenols is 2. The molecule has 0 amide bonds. The lowest BCUT2D eigenvalue weighted by molar-refractivity contribution is -0.228. The molecule has 2 aromatic carbocycles. The third kappa shape index (κ3) is 4.95. The highest BCUT2D eigenvalue weighted by atomic mass is 16.5. The zero-order valence-corrected chi connectivity index (χ0v) is 18.1. The van der Waals surface area contributed by atoms with Gasteiger partial charge in [0, 0.05) is 18.4 Å². The van der Waals surface area contributed by atoms with Gasteiger partial charge in [-0.1, -0.05) is 29.8 Å². The molecule has 3 rings (SSSR count). The first-order chi connectivity index (χ1) is 15.1. The van der Waals surface area contributed by atoms with Crippen LogP contribution in [-0.2, 0) is 17.6 Å². The Morgan fingerprint density at radius 3 is 2.22 bits per heavy atom. The monoisotopic (exact) mass is 446 g/mol. The number of phenolic OH excluding ortho intramolecular Hbond substituents is 2. The van der Waals surface area contributed by atoms with Crippen molar-refractivity contribution in [1.29, 1.82) is 0 Å². The van der Waals surface area contributed by atoms with Crippen LogP contribution in [0.15, 0.2) is 30.3 Å². The maximum absolute atomic E-state index is 13.1. The van der Waals surface area contributed by atoms with Gasteiger partial charge in [0.25, 0.3) is 0 Å². The van der Waals surface area contributed by atoms with E-state index in [4.69, 9.17) is 4.74 Å². The number of aryl methyl sites for hydroxylation is 2. The smallest absolute Gasteiger partial charge is 0.167 e. The van der Waals surface area contributed by atoms with Crippen molar-refractivity contribution < 1.29 is 40.2 Å². The van der Waals surface area contributed by atoms with Crippen LogP contribution < -0.4 is 0 Å². The molecule has 0 saturated carbocycles.